The van der Waals surface area contributed by atoms with Crippen molar-refractivity contribution in [2.75, 3.05) is 6.54 Å². The van der Waals surface area contributed by atoms with E-state index in [9.17, 15) is 0 Å². The molecule has 0 saturated heterocycles. The van der Waals surface area contributed by atoms with Crippen molar-refractivity contribution in [1.82, 2.24) is 19.4 Å². The van der Waals surface area contributed by atoms with Crippen LogP contribution in [0.5, 0.6) is 0 Å². The Labute approximate surface area is 137 Å². The molecule has 0 spiro atoms. The van der Waals surface area contributed by atoms with E-state index >= 15 is 0 Å². The third-order valence-corrected chi connectivity index (χ3v) is 4.55. The number of rotatable bonds is 4. The van der Waals surface area contributed by atoms with Gasteiger partial charge in [0.15, 0.2) is 4.96 Å². The van der Waals surface area contributed by atoms with Gasteiger partial charge < -0.3 is 5.73 Å². The first-order valence-corrected chi connectivity index (χ1v) is 8.27. The third-order valence-electron chi connectivity index (χ3n) is 3.72. The summed E-state index contributed by atoms with van der Waals surface area (Å²) in [5.74, 6) is 0. The molecule has 6 heteroatoms. The second-order valence-electron chi connectivity index (χ2n) is 5.14. The molecule has 0 unspecified atom stereocenters. The molecule has 0 aliphatic carbocycles. The van der Waals surface area contributed by atoms with Crippen molar-refractivity contribution in [3.8, 4) is 22.6 Å². The summed E-state index contributed by atoms with van der Waals surface area (Å²) in [5, 5.41) is 2.10. The second-order valence-corrected chi connectivity index (χ2v) is 5.97. The van der Waals surface area contributed by atoms with Gasteiger partial charge in [-0.2, -0.15) is 0 Å². The van der Waals surface area contributed by atoms with Crippen LogP contribution in [0.2, 0.25) is 0 Å². The summed E-state index contributed by atoms with van der Waals surface area (Å²) in [6.45, 7) is 0.573. The number of fused-ring (bicyclic) bond motifs is 1. The summed E-state index contributed by atoms with van der Waals surface area (Å²) in [6.07, 6.45) is 6.14. The van der Waals surface area contributed by atoms with Crippen molar-refractivity contribution >= 4 is 16.3 Å². The predicted octanol–water partition coefficient (Wildman–Crippen LogP) is 3.02. The van der Waals surface area contributed by atoms with Crippen LogP contribution in [0, 0.1) is 0 Å². The molecular formula is C17H15N5S. The molecule has 4 heterocycles. The highest BCUT2D eigenvalue weighted by Gasteiger charge is 2.18. The zero-order valence-corrected chi connectivity index (χ0v) is 13.2. The van der Waals surface area contributed by atoms with E-state index in [-0.39, 0.29) is 0 Å². The molecule has 2 N–H and O–H groups in total. The summed E-state index contributed by atoms with van der Waals surface area (Å²) in [7, 11) is 0. The Morgan fingerprint density at radius 1 is 1.09 bits per heavy atom. The monoisotopic (exact) mass is 321 g/mol. The lowest BCUT2D eigenvalue weighted by Gasteiger charge is -2.06. The molecule has 4 aromatic rings. The lowest BCUT2D eigenvalue weighted by atomic mass is 10.1. The maximum Gasteiger partial charge on any atom is 0.195 e. The molecule has 0 fully saturated rings. The fraction of sp³-hybridized carbons (Fsp3) is 0.118. The average molecular weight is 321 g/mol. The first-order chi connectivity index (χ1) is 11.4. The smallest absolute Gasteiger partial charge is 0.195 e. The van der Waals surface area contributed by atoms with E-state index in [1.165, 1.54) is 0 Å². The summed E-state index contributed by atoms with van der Waals surface area (Å²) < 4.78 is 2.18. The van der Waals surface area contributed by atoms with Gasteiger partial charge in [-0.05, 0) is 30.8 Å². The van der Waals surface area contributed by atoms with Crippen LogP contribution in [-0.4, -0.2) is 25.9 Å². The van der Waals surface area contributed by atoms with Crippen molar-refractivity contribution in [3.05, 3.63) is 60.0 Å². The SMILES string of the molecule is NCCc1c(-c2ccncc2)nc2scc(-c3ccccn3)n12. The van der Waals surface area contributed by atoms with E-state index < -0.39 is 0 Å². The summed E-state index contributed by atoms with van der Waals surface area (Å²) in [6, 6.07) is 9.89. The number of hydrogen-bond acceptors (Lipinski definition) is 5. The van der Waals surface area contributed by atoms with Crippen molar-refractivity contribution in [2.45, 2.75) is 6.42 Å². The van der Waals surface area contributed by atoms with Crippen LogP contribution in [0.25, 0.3) is 27.6 Å². The maximum atomic E-state index is 5.85. The van der Waals surface area contributed by atoms with E-state index in [1.807, 2.05) is 36.5 Å². The van der Waals surface area contributed by atoms with Gasteiger partial charge in [-0.15, -0.1) is 11.3 Å². The third kappa shape index (κ3) is 2.42. The Bertz CT molecular complexity index is 928. The Balaban J connectivity index is 1.97. The van der Waals surface area contributed by atoms with Crippen LogP contribution in [0.15, 0.2) is 54.3 Å². The van der Waals surface area contributed by atoms with E-state index in [0.29, 0.717) is 6.54 Å². The Kier molecular flexibility index (Phi) is 3.61. The standard InChI is InChI=1S/C17H15N5S/c18-7-4-14-16(12-5-9-19-10-6-12)21-17-22(14)15(11-23-17)13-3-1-2-8-20-13/h1-3,5-6,8-11H,4,7,18H2. The van der Waals surface area contributed by atoms with Gasteiger partial charge >= 0.3 is 0 Å². The number of pyridine rings is 2. The van der Waals surface area contributed by atoms with Gasteiger partial charge in [0.05, 0.1) is 22.8 Å². The minimum atomic E-state index is 0.573. The van der Waals surface area contributed by atoms with Gasteiger partial charge in [0.1, 0.15) is 0 Å². The lowest BCUT2D eigenvalue weighted by Crippen LogP contribution is -2.06. The zero-order chi connectivity index (χ0) is 15.6. The maximum absolute atomic E-state index is 5.85. The largest absolute Gasteiger partial charge is 0.330 e. The number of aromatic nitrogens is 4. The molecule has 0 aliphatic heterocycles. The summed E-state index contributed by atoms with van der Waals surface area (Å²) >= 11 is 1.62. The summed E-state index contributed by atoms with van der Waals surface area (Å²) in [4.78, 5) is 14.3. The van der Waals surface area contributed by atoms with E-state index in [0.717, 1.165) is 39.7 Å². The first kappa shape index (κ1) is 14.0. The summed E-state index contributed by atoms with van der Waals surface area (Å²) in [5.41, 5.74) is 11.0. The molecule has 23 heavy (non-hydrogen) atoms. The molecule has 0 bridgehead atoms. The quantitative estimate of drug-likeness (QED) is 0.627. The molecule has 114 valence electrons. The number of imidazole rings is 1. The fourth-order valence-corrected chi connectivity index (χ4v) is 3.62. The van der Waals surface area contributed by atoms with E-state index in [2.05, 4.69) is 19.7 Å². The molecule has 0 atom stereocenters. The molecule has 0 radical (unpaired) electrons. The zero-order valence-electron chi connectivity index (χ0n) is 12.4. The molecule has 0 amide bonds. The number of hydrogen-bond donors (Lipinski definition) is 1. The van der Waals surface area contributed by atoms with Gasteiger partial charge in [-0.3, -0.25) is 14.4 Å². The van der Waals surface area contributed by atoms with Crippen LogP contribution in [0.3, 0.4) is 0 Å². The van der Waals surface area contributed by atoms with E-state index in [4.69, 9.17) is 10.7 Å². The van der Waals surface area contributed by atoms with Crippen LogP contribution in [-0.2, 0) is 6.42 Å². The van der Waals surface area contributed by atoms with Crippen molar-refractivity contribution in [1.29, 1.82) is 0 Å². The van der Waals surface area contributed by atoms with Gasteiger partial charge in [0.2, 0.25) is 0 Å². The molecule has 4 aromatic heterocycles. The van der Waals surface area contributed by atoms with Crippen LogP contribution in [0.1, 0.15) is 5.69 Å². The molecule has 5 nitrogen and oxygen atoms in total. The predicted molar refractivity (Wildman–Crippen MR) is 92.3 cm³/mol. The minimum absolute atomic E-state index is 0.573. The topological polar surface area (TPSA) is 69.1 Å². The van der Waals surface area contributed by atoms with Gasteiger partial charge in [0, 0.05) is 36.0 Å². The normalized spacial score (nSPS) is 11.2. The van der Waals surface area contributed by atoms with Gasteiger partial charge in [-0.25, -0.2) is 4.98 Å². The van der Waals surface area contributed by atoms with Crippen molar-refractivity contribution in [3.63, 3.8) is 0 Å². The van der Waals surface area contributed by atoms with E-state index in [1.54, 1.807) is 23.7 Å². The molecule has 0 saturated carbocycles. The Morgan fingerprint density at radius 3 is 2.70 bits per heavy atom. The highest BCUT2D eigenvalue weighted by atomic mass is 32.1. The number of nitrogens with two attached hydrogens (primary N) is 1. The highest BCUT2D eigenvalue weighted by Crippen LogP contribution is 2.32. The second kappa shape index (κ2) is 5.91. The van der Waals surface area contributed by atoms with Gasteiger partial charge in [0.25, 0.3) is 0 Å². The number of nitrogens with zero attached hydrogens (tertiary/aromatic N) is 4. The van der Waals surface area contributed by atoms with Crippen LogP contribution < -0.4 is 5.73 Å². The fourth-order valence-electron chi connectivity index (χ4n) is 2.72. The van der Waals surface area contributed by atoms with Crippen LogP contribution in [0.4, 0.5) is 0 Å². The van der Waals surface area contributed by atoms with Gasteiger partial charge in [-0.1, -0.05) is 6.07 Å². The van der Waals surface area contributed by atoms with Crippen LogP contribution >= 0.6 is 11.3 Å². The van der Waals surface area contributed by atoms with Crippen molar-refractivity contribution in [2.24, 2.45) is 5.73 Å². The molecular weight excluding hydrogens is 306 g/mol. The first-order valence-electron chi connectivity index (χ1n) is 7.39. The molecule has 0 aromatic carbocycles. The van der Waals surface area contributed by atoms with Crippen molar-refractivity contribution < 1.29 is 0 Å². The highest BCUT2D eigenvalue weighted by molar-refractivity contribution is 7.15. The lowest BCUT2D eigenvalue weighted by molar-refractivity contribution is 0.912. The average Bonchev–Trinajstić information content (AvgIpc) is 3.17. The molecule has 4 rings (SSSR count). The molecule has 0 aliphatic rings. The number of thiazole rings is 1. The Hall–Kier alpha value is -2.57. The minimum Gasteiger partial charge on any atom is -0.330 e. The Morgan fingerprint density at radius 2 is 1.96 bits per heavy atom.